The highest BCUT2D eigenvalue weighted by molar-refractivity contribution is 5.67. The molecule has 1 spiro atoms. The van der Waals surface area contributed by atoms with Gasteiger partial charge in [0, 0.05) is 11.8 Å². The van der Waals surface area contributed by atoms with Gasteiger partial charge in [0.25, 0.3) is 0 Å². The molecule has 0 saturated heterocycles. The average Bonchev–Trinajstić information content (AvgIpc) is 3.59. The summed E-state index contributed by atoms with van der Waals surface area (Å²) >= 11 is 0. The Kier molecular flexibility index (Phi) is 13.5. The molecular formula is C47H67NO2. The van der Waals surface area contributed by atoms with Gasteiger partial charge in [0.2, 0.25) is 0 Å². The second-order valence-corrected chi connectivity index (χ2v) is 17.3. The Bertz CT molecular complexity index is 1350. The SMILES string of the molecule is NCC[C@@H]1[C@@H](CC(=O)O)[C@H]([C@]2(c3ccccc3)CCCC3(CCCC3)C2)C=C[C@H]1C[C@@H](C/C=C\CCC1CCCCC1)CCc1ccccc1. The monoisotopic (exact) mass is 678 g/mol. The van der Waals surface area contributed by atoms with E-state index in [2.05, 4.69) is 85.0 Å². The van der Waals surface area contributed by atoms with E-state index < -0.39 is 5.97 Å². The van der Waals surface area contributed by atoms with Crippen LogP contribution in [-0.4, -0.2) is 17.6 Å². The Balaban J connectivity index is 1.26. The van der Waals surface area contributed by atoms with Crippen LogP contribution in [0.4, 0.5) is 0 Å². The van der Waals surface area contributed by atoms with Crippen molar-refractivity contribution in [1.29, 1.82) is 0 Å². The Morgan fingerprint density at radius 2 is 1.54 bits per heavy atom. The van der Waals surface area contributed by atoms with E-state index in [1.807, 2.05) is 0 Å². The van der Waals surface area contributed by atoms with Gasteiger partial charge >= 0.3 is 5.97 Å². The Labute approximate surface area is 304 Å². The minimum Gasteiger partial charge on any atom is -0.481 e. The normalized spacial score (nSPS) is 29.1. The van der Waals surface area contributed by atoms with Gasteiger partial charge in [0.1, 0.15) is 0 Å². The first kappa shape index (κ1) is 37.1. The lowest BCUT2D eigenvalue weighted by Gasteiger charge is -2.55. The van der Waals surface area contributed by atoms with E-state index in [0.29, 0.717) is 29.7 Å². The zero-order valence-corrected chi connectivity index (χ0v) is 31.0. The molecular weight excluding hydrogens is 611 g/mol. The summed E-state index contributed by atoms with van der Waals surface area (Å²) in [6.07, 6.45) is 35.8. The predicted octanol–water partition coefficient (Wildman–Crippen LogP) is 11.9. The molecule has 0 unspecified atom stereocenters. The van der Waals surface area contributed by atoms with Crippen LogP contribution in [0.15, 0.2) is 85.0 Å². The number of rotatable bonds is 16. The molecule has 4 aliphatic rings. The van der Waals surface area contributed by atoms with Crippen molar-refractivity contribution in [2.75, 3.05) is 6.54 Å². The van der Waals surface area contributed by atoms with E-state index in [0.717, 1.165) is 38.0 Å². The van der Waals surface area contributed by atoms with Crippen LogP contribution in [-0.2, 0) is 16.6 Å². The minimum absolute atomic E-state index is 0.00787. The number of aryl methyl sites for hydroxylation is 1. The summed E-state index contributed by atoms with van der Waals surface area (Å²) in [7, 11) is 0. The van der Waals surface area contributed by atoms with Gasteiger partial charge in [-0.15, -0.1) is 0 Å². The van der Waals surface area contributed by atoms with E-state index in [4.69, 9.17) is 5.73 Å². The first-order valence-corrected chi connectivity index (χ1v) is 20.8. The number of carboxylic acid groups (broad SMARTS) is 1. The van der Waals surface area contributed by atoms with Crippen molar-refractivity contribution in [2.45, 2.75) is 140 Å². The van der Waals surface area contributed by atoms with Gasteiger partial charge < -0.3 is 10.8 Å². The smallest absolute Gasteiger partial charge is 0.303 e. The third-order valence-electron chi connectivity index (χ3n) is 14.1. The highest BCUT2D eigenvalue weighted by Gasteiger charge is 2.54. The first-order valence-electron chi connectivity index (χ1n) is 20.8. The summed E-state index contributed by atoms with van der Waals surface area (Å²) < 4.78 is 0. The van der Waals surface area contributed by atoms with Crippen molar-refractivity contribution >= 4 is 5.97 Å². The fourth-order valence-electron chi connectivity index (χ4n) is 11.7. The molecule has 0 radical (unpaired) electrons. The summed E-state index contributed by atoms with van der Waals surface area (Å²) in [5, 5.41) is 10.5. The quantitative estimate of drug-likeness (QED) is 0.174. The van der Waals surface area contributed by atoms with Gasteiger partial charge in [-0.05, 0) is 136 Å². The number of nitrogens with two attached hydrogens (primary N) is 1. The van der Waals surface area contributed by atoms with Crippen LogP contribution in [0.25, 0.3) is 0 Å². The fourth-order valence-corrected chi connectivity index (χ4v) is 11.7. The van der Waals surface area contributed by atoms with Gasteiger partial charge in [-0.25, -0.2) is 0 Å². The number of benzene rings is 2. The molecule has 3 nitrogen and oxygen atoms in total. The van der Waals surface area contributed by atoms with Crippen LogP contribution in [0.1, 0.15) is 140 Å². The number of hydrogen-bond donors (Lipinski definition) is 2. The lowest BCUT2D eigenvalue weighted by atomic mass is 9.49. The largest absolute Gasteiger partial charge is 0.481 e. The molecule has 3 saturated carbocycles. The molecule has 3 N–H and O–H groups in total. The molecule has 2 aromatic rings. The molecule has 0 bridgehead atoms. The molecule has 6 atom stereocenters. The van der Waals surface area contributed by atoms with Gasteiger partial charge in [-0.3, -0.25) is 4.79 Å². The average molecular weight is 678 g/mol. The Morgan fingerprint density at radius 3 is 2.26 bits per heavy atom. The third-order valence-corrected chi connectivity index (χ3v) is 14.1. The van der Waals surface area contributed by atoms with Gasteiger partial charge in [0.05, 0.1) is 0 Å². The zero-order valence-electron chi connectivity index (χ0n) is 31.0. The molecule has 0 heterocycles. The molecule has 272 valence electrons. The van der Waals surface area contributed by atoms with Crippen LogP contribution in [0.3, 0.4) is 0 Å². The molecule has 0 amide bonds. The van der Waals surface area contributed by atoms with Crippen LogP contribution in [0, 0.1) is 40.9 Å². The maximum atomic E-state index is 12.8. The van der Waals surface area contributed by atoms with Crippen LogP contribution in [0.5, 0.6) is 0 Å². The summed E-state index contributed by atoms with van der Waals surface area (Å²) in [6.45, 7) is 0.621. The molecule has 6 rings (SSSR count). The summed E-state index contributed by atoms with van der Waals surface area (Å²) in [5.74, 6) is 1.84. The fraction of sp³-hybridized carbons (Fsp3) is 0.638. The molecule has 3 fully saturated rings. The van der Waals surface area contributed by atoms with E-state index in [1.165, 1.54) is 107 Å². The molecule has 4 aliphatic carbocycles. The lowest BCUT2D eigenvalue weighted by molar-refractivity contribution is -0.139. The van der Waals surface area contributed by atoms with Crippen LogP contribution in [0.2, 0.25) is 0 Å². The molecule has 2 aromatic carbocycles. The summed E-state index contributed by atoms with van der Waals surface area (Å²) in [6, 6.07) is 22.3. The van der Waals surface area contributed by atoms with Crippen molar-refractivity contribution in [3.8, 4) is 0 Å². The highest BCUT2D eigenvalue weighted by atomic mass is 16.4. The number of aliphatic carboxylic acids is 1. The number of carboxylic acids is 1. The van der Waals surface area contributed by atoms with Crippen molar-refractivity contribution in [2.24, 2.45) is 46.7 Å². The second-order valence-electron chi connectivity index (χ2n) is 17.3. The van der Waals surface area contributed by atoms with E-state index in [9.17, 15) is 9.90 Å². The summed E-state index contributed by atoms with van der Waals surface area (Å²) in [4.78, 5) is 12.8. The zero-order chi connectivity index (χ0) is 34.7. The molecule has 0 aromatic heterocycles. The Hall–Kier alpha value is -2.65. The maximum Gasteiger partial charge on any atom is 0.303 e. The molecule has 50 heavy (non-hydrogen) atoms. The topological polar surface area (TPSA) is 63.3 Å². The third kappa shape index (κ3) is 9.41. The van der Waals surface area contributed by atoms with Gasteiger partial charge in [-0.2, -0.15) is 0 Å². The van der Waals surface area contributed by atoms with E-state index in [-0.39, 0.29) is 23.7 Å². The molecule has 0 aliphatic heterocycles. The van der Waals surface area contributed by atoms with Crippen LogP contribution < -0.4 is 5.73 Å². The number of carbonyl (C=O) groups is 1. The van der Waals surface area contributed by atoms with E-state index in [1.54, 1.807) is 0 Å². The van der Waals surface area contributed by atoms with Crippen molar-refractivity contribution in [3.63, 3.8) is 0 Å². The second kappa shape index (κ2) is 18.2. The number of hydrogen-bond acceptors (Lipinski definition) is 2. The number of allylic oxidation sites excluding steroid dienone is 4. The standard InChI is InChI=1S/C47H67NO2/c48-33-28-42-40(34-39(25-24-38-19-8-2-9-20-38)21-10-3-7-18-37-16-5-1-6-17-37)26-27-44(43(42)35-45(49)50)47(41-22-11-4-12-23-41)32-15-31-46(36-47)29-13-14-30-46/h2-4,8-12,19-20,22-23,26-27,37,39-40,42-44H,1,5-7,13-18,21,24-25,28-36,48H2,(H,49,50)/b10-3-/t39-,40-,42-,43+,44+,47+/m0/s1. The van der Waals surface area contributed by atoms with Crippen molar-refractivity contribution in [3.05, 3.63) is 96.1 Å². The van der Waals surface area contributed by atoms with Gasteiger partial charge in [0.15, 0.2) is 0 Å². The Morgan fingerprint density at radius 1 is 0.820 bits per heavy atom. The molecule has 3 heteroatoms. The predicted molar refractivity (Wildman–Crippen MR) is 209 cm³/mol. The maximum absolute atomic E-state index is 12.8. The van der Waals surface area contributed by atoms with Gasteiger partial charge in [-0.1, -0.05) is 136 Å². The van der Waals surface area contributed by atoms with Crippen LogP contribution >= 0.6 is 0 Å². The first-order chi connectivity index (χ1) is 24.5. The lowest BCUT2D eigenvalue weighted by Crippen LogP contribution is -2.49. The van der Waals surface area contributed by atoms with E-state index >= 15 is 0 Å². The minimum atomic E-state index is -0.646. The summed E-state index contributed by atoms with van der Waals surface area (Å²) in [5.41, 5.74) is 9.71. The van der Waals surface area contributed by atoms with Crippen molar-refractivity contribution in [1.82, 2.24) is 0 Å². The van der Waals surface area contributed by atoms with Crippen molar-refractivity contribution < 1.29 is 9.90 Å². The highest BCUT2D eigenvalue weighted by Crippen LogP contribution is 2.61.